The average molecular weight is 332 g/mol. The summed E-state index contributed by atoms with van der Waals surface area (Å²) in [4.78, 5) is 10.8. The zero-order valence-corrected chi connectivity index (χ0v) is 13.6. The normalized spacial score (nSPS) is 11.3. The maximum atomic E-state index is 12.6. The molecule has 0 saturated heterocycles. The third kappa shape index (κ3) is 4.93. The molecule has 0 aromatic heterocycles. The summed E-state index contributed by atoms with van der Waals surface area (Å²) >= 11 is 0. The van der Waals surface area contributed by atoms with E-state index in [4.69, 9.17) is 5.11 Å². The molecule has 0 fully saturated rings. The Hall–Kier alpha value is -2.14. The first-order valence-electron chi connectivity index (χ1n) is 7.60. The molecule has 0 radical (unpaired) electrons. The highest BCUT2D eigenvalue weighted by molar-refractivity contribution is 7.91. The number of hydrogen-bond donors (Lipinski definition) is 1. The molecule has 0 aliphatic carbocycles. The van der Waals surface area contributed by atoms with E-state index in [1.165, 1.54) is 0 Å². The summed E-state index contributed by atoms with van der Waals surface area (Å²) in [6, 6.07) is 16.4. The minimum Gasteiger partial charge on any atom is -0.481 e. The molecular weight excluding hydrogens is 312 g/mol. The van der Waals surface area contributed by atoms with Gasteiger partial charge in [-0.2, -0.15) is 0 Å². The van der Waals surface area contributed by atoms with E-state index in [0.717, 1.165) is 5.56 Å². The summed E-state index contributed by atoms with van der Waals surface area (Å²) in [5.74, 6) is -0.807. The molecular formula is C18H20O4S. The number of carboxylic acids is 1. The summed E-state index contributed by atoms with van der Waals surface area (Å²) in [7, 11) is -3.39. The van der Waals surface area contributed by atoms with Crippen LogP contribution in [0.1, 0.15) is 25.7 Å². The van der Waals surface area contributed by atoms with Crippen LogP contribution in [0.5, 0.6) is 0 Å². The van der Waals surface area contributed by atoms with Gasteiger partial charge in [-0.3, -0.25) is 4.79 Å². The number of carboxylic acid groups (broad SMARTS) is 1. The summed E-state index contributed by atoms with van der Waals surface area (Å²) in [5.41, 5.74) is 1.58. The van der Waals surface area contributed by atoms with E-state index in [1.807, 2.05) is 42.5 Å². The molecule has 23 heavy (non-hydrogen) atoms. The van der Waals surface area contributed by atoms with Gasteiger partial charge in [-0.25, -0.2) is 8.42 Å². The van der Waals surface area contributed by atoms with Gasteiger partial charge in [0.1, 0.15) is 0 Å². The van der Waals surface area contributed by atoms with Gasteiger partial charge in [0.05, 0.1) is 10.6 Å². The Balaban J connectivity index is 2.13. The van der Waals surface area contributed by atoms with Crippen LogP contribution in [0.3, 0.4) is 0 Å². The number of hydrogen-bond acceptors (Lipinski definition) is 3. The molecule has 2 rings (SSSR count). The van der Waals surface area contributed by atoms with Gasteiger partial charge in [0, 0.05) is 12.0 Å². The molecule has 122 valence electrons. The molecule has 4 nitrogen and oxygen atoms in total. The Labute approximate surface area is 136 Å². The van der Waals surface area contributed by atoms with Gasteiger partial charge in [-0.05, 0) is 24.5 Å². The first-order chi connectivity index (χ1) is 11.0. The van der Waals surface area contributed by atoms with Gasteiger partial charge in [-0.1, -0.05) is 55.0 Å². The largest absolute Gasteiger partial charge is 0.481 e. The molecule has 2 aromatic rings. The minimum absolute atomic E-state index is 0.0382. The first-order valence-corrected chi connectivity index (χ1v) is 9.25. The zero-order chi connectivity index (χ0) is 16.7. The molecule has 0 spiro atoms. The number of unbranched alkanes of at least 4 members (excludes halogenated alkanes) is 2. The van der Waals surface area contributed by atoms with E-state index in [2.05, 4.69) is 0 Å². The lowest BCUT2D eigenvalue weighted by Gasteiger charge is -2.10. The summed E-state index contributed by atoms with van der Waals surface area (Å²) < 4.78 is 25.2. The van der Waals surface area contributed by atoms with Gasteiger partial charge >= 0.3 is 5.97 Å². The fourth-order valence-corrected chi connectivity index (χ4v) is 4.06. The van der Waals surface area contributed by atoms with Gasteiger partial charge in [0.15, 0.2) is 9.84 Å². The number of benzene rings is 2. The second-order valence-electron chi connectivity index (χ2n) is 5.39. The van der Waals surface area contributed by atoms with Crippen molar-refractivity contribution in [1.82, 2.24) is 0 Å². The van der Waals surface area contributed by atoms with Crippen LogP contribution in [0, 0.1) is 0 Å². The molecule has 1 N–H and O–H groups in total. The van der Waals surface area contributed by atoms with Crippen LogP contribution in [-0.4, -0.2) is 25.2 Å². The number of carbonyl (C=O) groups is 1. The lowest BCUT2D eigenvalue weighted by Crippen LogP contribution is -2.08. The molecule has 0 aliphatic heterocycles. The summed E-state index contributed by atoms with van der Waals surface area (Å²) in [6.07, 6.45) is 1.66. The minimum atomic E-state index is -3.39. The Morgan fingerprint density at radius 1 is 0.870 bits per heavy atom. The highest BCUT2D eigenvalue weighted by Gasteiger charge is 2.18. The van der Waals surface area contributed by atoms with Crippen molar-refractivity contribution in [2.75, 3.05) is 5.75 Å². The third-order valence-corrected chi connectivity index (χ3v) is 5.46. The van der Waals surface area contributed by atoms with E-state index < -0.39 is 15.8 Å². The lowest BCUT2D eigenvalue weighted by molar-refractivity contribution is -0.137. The van der Waals surface area contributed by atoms with E-state index in [0.29, 0.717) is 29.7 Å². The Kier molecular flexibility index (Phi) is 5.93. The number of sulfone groups is 1. The first kappa shape index (κ1) is 17.2. The maximum absolute atomic E-state index is 12.6. The standard InChI is InChI=1S/C18H20O4S/c19-18(20)13-5-2-8-14-23(21,22)17-12-7-6-11-16(17)15-9-3-1-4-10-15/h1,3-4,6-7,9-12H,2,5,8,13-14H2,(H,19,20). The van der Waals surface area contributed by atoms with Crippen molar-refractivity contribution >= 4 is 15.8 Å². The fourth-order valence-electron chi connectivity index (χ4n) is 2.45. The fraction of sp³-hybridized carbons (Fsp3) is 0.278. The van der Waals surface area contributed by atoms with Crippen LogP contribution in [-0.2, 0) is 14.6 Å². The van der Waals surface area contributed by atoms with Gasteiger partial charge in [-0.15, -0.1) is 0 Å². The summed E-state index contributed by atoms with van der Waals surface area (Å²) in [5, 5.41) is 8.59. The van der Waals surface area contributed by atoms with Gasteiger partial charge in [0.2, 0.25) is 0 Å². The monoisotopic (exact) mass is 332 g/mol. The SMILES string of the molecule is O=C(O)CCCCCS(=O)(=O)c1ccccc1-c1ccccc1. The second kappa shape index (κ2) is 7.92. The Morgan fingerprint density at radius 2 is 1.52 bits per heavy atom. The van der Waals surface area contributed by atoms with E-state index in [1.54, 1.807) is 12.1 Å². The van der Waals surface area contributed by atoms with Gasteiger partial charge in [0.25, 0.3) is 0 Å². The molecule has 0 saturated carbocycles. The van der Waals surface area contributed by atoms with Gasteiger partial charge < -0.3 is 5.11 Å². The smallest absolute Gasteiger partial charge is 0.303 e. The van der Waals surface area contributed by atoms with Crippen LogP contribution >= 0.6 is 0 Å². The topological polar surface area (TPSA) is 71.4 Å². The van der Waals surface area contributed by atoms with Crippen LogP contribution in [0.15, 0.2) is 59.5 Å². The van der Waals surface area contributed by atoms with Crippen molar-refractivity contribution in [2.24, 2.45) is 0 Å². The van der Waals surface area contributed by atoms with Crippen molar-refractivity contribution in [3.8, 4) is 11.1 Å². The highest BCUT2D eigenvalue weighted by atomic mass is 32.2. The van der Waals surface area contributed by atoms with Crippen LogP contribution in [0.25, 0.3) is 11.1 Å². The Bertz CT molecular complexity index is 752. The van der Waals surface area contributed by atoms with Crippen molar-refractivity contribution in [2.45, 2.75) is 30.6 Å². The Morgan fingerprint density at radius 3 is 2.22 bits per heavy atom. The van der Waals surface area contributed by atoms with E-state index in [9.17, 15) is 13.2 Å². The van der Waals surface area contributed by atoms with Crippen molar-refractivity contribution in [3.05, 3.63) is 54.6 Å². The lowest BCUT2D eigenvalue weighted by atomic mass is 10.1. The number of rotatable bonds is 8. The molecule has 5 heteroatoms. The molecule has 0 heterocycles. The van der Waals surface area contributed by atoms with E-state index in [-0.39, 0.29) is 12.2 Å². The second-order valence-corrected chi connectivity index (χ2v) is 7.46. The van der Waals surface area contributed by atoms with E-state index >= 15 is 0 Å². The molecule has 0 unspecified atom stereocenters. The predicted molar refractivity (Wildman–Crippen MR) is 90.0 cm³/mol. The maximum Gasteiger partial charge on any atom is 0.303 e. The quantitative estimate of drug-likeness (QED) is 0.747. The van der Waals surface area contributed by atoms with Crippen molar-refractivity contribution < 1.29 is 18.3 Å². The highest BCUT2D eigenvalue weighted by Crippen LogP contribution is 2.28. The predicted octanol–water partition coefficient (Wildman–Crippen LogP) is 3.77. The molecule has 0 aliphatic rings. The van der Waals surface area contributed by atoms with Crippen molar-refractivity contribution in [1.29, 1.82) is 0 Å². The average Bonchev–Trinajstić information content (AvgIpc) is 2.55. The van der Waals surface area contributed by atoms with Crippen LogP contribution < -0.4 is 0 Å². The zero-order valence-electron chi connectivity index (χ0n) is 12.8. The molecule has 2 aromatic carbocycles. The third-order valence-electron chi connectivity index (χ3n) is 3.61. The summed E-state index contributed by atoms with van der Waals surface area (Å²) in [6.45, 7) is 0. The molecule has 0 bridgehead atoms. The van der Waals surface area contributed by atoms with Crippen molar-refractivity contribution in [3.63, 3.8) is 0 Å². The van der Waals surface area contributed by atoms with Crippen LogP contribution in [0.4, 0.5) is 0 Å². The van der Waals surface area contributed by atoms with Crippen LogP contribution in [0.2, 0.25) is 0 Å². The molecule has 0 amide bonds. The molecule has 0 atom stereocenters. The number of aliphatic carboxylic acids is 1.